The Morgan fingerprint density at radius 1 is 1.15 bits per heavy atom. The zero-order chi connectivity index (χ0) is 17.2. The third-order valence-corrected chi connectivity index (χ3v) is 5.79. The molecule has 26 heavy (non-hydrogen) atoms. The molecule has 3 heterocycles. The number of amides is 2. The lowest BCUT2D eigenvalue weighted by Crippen LogP contribution is -3.15. The second-order valence-electron chi connectivity index (χ2n) is 6.22. The van der Waals surface area contributed by atoms with Crippen molar-refractivity contribution in [2.75, 3.05) is 44.2 Å². The van der Waals surface area contributed by atoms with Crippen LogP contribution in [0.25, 0.3) is 0 Å². The van der Waals surface area contributed by atoms with E-state index in [9.17, 15) is 4.79 Å². The summed E-state index contributed by atoms with van der Waals surface area (Å²) in [6.07, 6.45) is 1.73. The molecule has 2 aliphatic rings. The number of carbonyl (C=O) groups excluding carboxylic acids is 1. The topological polar surface area (TPSA) is 61.1 Å². The molecule has 1 aromatic carbocycles. The molecule has 2 N–H and O–H groups in total. The number of fused-ring (bicyclic) bond motifs is 2. The van der Waals surface area contributed by atoms with Crippen molar-refractivity contribution < 1.29 is 27.2 Å². The van der Waals surface area contributed by atoms with Gasteiger partial charge in [0.05, 0.1) is 43.4 Å². The van der Waals surface area contributed by atoms with Crippen LogP contribution < -0.4 is 22.2 Å². The van der Waals surface area contributed by atoms with E-state index in [1.807, 2.05) is 41.3 Å². The fourth-order valence-corrected chi connectivity index (χ4v) is 4.38. The number of aliphatic hydroxyl groups excluding tert-OH is 1. The number of anilines is 2. The number of nitrogens with one attached hydrogen (secondary N) is 1. The number of urea groups is 1. The van der Waals surface area contributed by atoms with Crippen LogP contribution in [0.1, 0.15) is 0 Å². The lowest BCUT2D eigenvalue weighted by atomic mass is 10.2. The summed E-state index contributed by atoms with van der Waals surface area (Å²) in [5.74, 6) is 0.710. The number of quaternary nitrogens is 1. The lowest BCUT2D eigenvalue weighted by molar-refractivity contribution is -0.904. The summed E-state index contributed by atoms with van der Waals surface area (Å²) in [5, 5.41) is 9.10. The van der Waals surface area contributed by atoms with Crippen LogP contribution in [0.5, 0.6) is 0 Å². The van der Waals surface area contributed by atoms with Crippen molar-refractivity contribution >= 4 is 29.3 Å². The number of pyridine rings is 1. The zero-order valence-corrected chi connectivity index (χ0v) is 15.8. The molecule has 1 aromatic heterocycles. The van der Waals surface area contributed by atoms with Crippen LogP contribution in [0.2, 0.25) is 0 Å². The molecule has 4 rings (SSSR count). The van der Waals surface area contributed by atoms with E-state index >= 15 is 0 Å². The summed E-state index contributed by atoms with van der Waals surface area (Å²) in [6.45, 7) is 4.06. The van der Waals surface area contributed by atoms with Gasteiger partial charge in [0.1, 0.15) is 6.54 Å². The number of benzene rings is 1. The van der Waals surface area contributed by atoms with E-state index < -0.39 is 0 Å². The maximum absolute atomic E-state index is 13.3. The van der Waals surface area contributed by atoms with Crippen LogP contribution in [-0.4, -0.2) is 60.4 Å². The monoisotopic (exact) mass is 392 g/mol. The van der Waals surface area contributed by atoms with Crippen molar-refractivity contribution in [1.29, 1.82) is 0 Å². The van der Waals surface area contributed by atoms with Crippen LogP contribution in [0.3, 0.4) is 0 Å². The number of rotatable bonds is 2. The standard InChI is InChI=1S/C18H20N4O2S.ClH/c23-13-12-20-8-10-21(11-9-20)18(24)22-14-4-1-2-5-15(14)25-16-6-3-7-19-17(16)22;/h1-7,23H,8-13H2;1H. The van der Waals surface area contributed by atoms with E-state index in [4.69, 9.17) is 5.11 Å². The first-order valence-corrected chi connectivity index (χ1v) is 9.35. The Morgan fingerprint density at radius 3 is 2.65 bits per heavy atom. The van der Waals surface area contributed by atoms with Gasteiger partial charge in [0.25, 0.3) is 0 Å². The van der Waals surface area contributed by atoms with Gasteiger partial charge < -0.3 is 27.3 Å². The van der Waals surface area contributed by atoms with E-state index in [-0.39, 0.29) is 25.0 Å². The largest absolute Gasteiger partial charge is 1.00 e. The summed E-state index contributed by atoms with van der Waals surface area (Å²) >= 11 is 1.65. The van der Waals surface area contributed by atoms with Crippen molar-refractivity contribution in [2.45, 2.75) is 9.79 Å². The highest BCUT2D eigenvalue weighted by Gasteiger charge is 2.34. The van der Waals surface area contributed by atoms with Crippen LogP contribution in [0, 0.1) is 0 Å². The smallest absolute Gasteiger partial charge is 0.330 e. The fourth-order valence-electron chi connectivity index (χ4n) is 3.35. The van der Waals surface area contributed by atoms with E-state index in [0.717, 1.165) is 35.1 Å². The average molecular weight is 393 g/mol. The number of halogens is 1. The molecule has 2 aromatic rings. The molecule has 138 valence electrons. The van der Waals surface area contributed by atoms with Gasteiger partial charge in [0.15, 0.2) is 5.82 Å². The van der Waals surface area contributed by atoms with Crippen LogP contribution in [-0.2, 0) is 0 Å². The highest BCUT2D eigenvalue weighted by molar-refractivity contribution is 7.99. The Bertz CT molecular complexity index is 738. The van der Waals surface area contributed by atoms with E-state index in [2.05, 4.69) is 4.98 Å². The molecular weight excluding hydrogens is 372 g/mol. The third-order valence-electron chi connectivity index (χ3n) is 4.69. The quantitative estimate of drug-likeness (QED) is 0.621. The second kappa shape index (κ2) is 8.26. The van der Waals surface area contributed by atoms with E-state index in [1.165, 1.54) is 4.90 Å². The predicted molar refractivity (Wildman–Crippen MR) is 96.6 cm³/mol. The number of para-hydroxylation sites is 1. The van der Waals surface area contributed by atoms with Gasteiger partial charge in [0, 0.05) is 11.1 Å². The van der Waals surface area contributed by atoms with Gasteiger partial charge in [-0.3, -0.25) is 0 Å². The maximum Gasteiger partial charge on any atom is 0.330 e. The normalized spacial score (nSPS) is 16.5. The molecule has 1 fully saturated rings. The summed E-state index contributed by atoms with van der Waals surface area (Å²) in [6, 6.07) is 11.9. The Hall–Kier alpha value is -1.80. The zero-order valence-electron chi connectivity index (χ0n) is 14.3. The third kappa shape index (κ3) is 3.53. The van der Waals surface area contributed by atoms with Gasteiger partial charge in [-0.05, 0) is 24.3 Å². The highest BCUT2D eigenvalue weighted by atomic mass is 35.5. The first-order valence-electron chi connectivity index (χ1n) is 8.53. The predicted octanol–water partition coefficient (Wildman–Crippen LogP) is -2.00. The molecule has 0 unspecified atom stereocenters. The molecule has 2 amide bonds. The Kier molecular flexibility index (Phi) is 6.03. The first-order chi connectivity index (χ1) is 12.3. The van der Waals surface area contributed by atoms with Crippen molar-refractivity contribution in [3.8, 4) is 0 Å². The van der Waals surface area contributed by atoms with Crippen LogP contribution >= 0.6 is 11.8 Å². The van der Waals surface area contributed by atoms with Crippen LogP contribution in [0.15, 0.2) is 52.4 Å². The highest BCUT2D eigenvalue weighted by Crippen LogP contribution is 2.47. The lowest BCUT2D eigenvalue weighted by Gasteiger charge is -2.37. The maximum atomic E-state index is 13.3. The van der Waals surface area contributed by atoms with Gasteiger partial charge in [-0.15, -0.1) is 0 Å². The Balaban J connectivity index is 0.00000196. The summed E-state index contributed by atoms with van der Waals surface area (Å²) in [4.78, 5) is 24.8. The molecule has 0 saturated carbocycles. The number of nitrogens with zero attached hydrogens (tertiary/aromatic N) is 3. The fraction of sp³-hybridized carbons (Fsp3) is 0.333. The molecule has 0 bridgehead atoms. The van der Waals surface area contributed by atoms with Gasteiger partial charge in [0.2, 0.25) is 0 Å². The minimum atomic E-state index is -0.0178. The van der Waals surface area contributed by atoms with Crippen LogP contribution in [0.4, 0.5) is 16.3 Å². The van der Waals surface area contributed by atoms with Gasteiger partial charge >= 0.3 is 6.03 Å². The number of hydrogen-bond donors (Lipinski definition) is 2. The summed E-state index contributed by atoms with van der Waals surface area (Å²) in [7, 11) is 0. The summed E-state index contributed by atoms with van der Waals surface area (Å²) < 4.78 is 0. The molecular formula is C18H21ClN4O2S. The number of aliphatic hydroxyl groups is 1. The van der Waals surface area contributed by atoms with Crippen molar-refractivity contribution in [1.82, 2.24) is 9.88 Å². The molecule has 8 heteroatoms. The molecule has 0 atom stereocenters. The van der Waals surface area contributed by atoms with Crippen molar-refractivity contribution in [3.63, 3.8) is 0 Å². The van der Waals surface area contributed by atoms with E-state index in [0.29, 0.717) is 18.9 Å². The first kappa shape index (κ1) is 19.0. The number of carbonyl (C=O) groups is 1. The molecule has 0 radical (unpaired) electrons. The van der Waals surface area contributed by atoms with Crippen molar-refractivity contribution in [3.05, 3.63) is 42.6 Å². The van der Waals surface area contributed by atoms with Crippen molar-refractivity contribution in [2.24, 2.45) is 0 Å². The Labute approximate surface area is 163 Å². The average Bonchev–Trinajstić information content (AvgIpc) is 2.66. The molecule has 2 aliphatic heterocycles. The van der Waals surface area contributed by atoms with Gasteiger partial charge in [-0.25, -0.2) is 14.7 Å². The second-order valence-corrected chi connectivity index (χ2v) is 7.31. The summed E-state index contributed by atoms with van der Waals surface area (Å²) in [5.41, 5.74) is 0.897. The molecule has 1 saturated heterocycles. The molecule has 0 aliphatic carbocycles. The SMILES string of the molecule is O=C(N1CC[NH+](CCO)CC1)N1c2ccccc2Sc2cccnc21.[Cl-]. The Morgan fingerprint density at radius 2 is 1.88 bits per heavy atom. The minimum Gasteiger partial charge on any atom is -1.00 e. The van der Waals surface area contributed by atoms with Gasteiger partial charge in [-0.2, -0.15) is 0 Å². The van der Waals surface area contributed by atoms with Gasteiger partial charge in [-0.1, -0.05) is 23.9 Å². The van der Waals surface area contributed by atoms with E-state index in [1.54, 1.807) is 22.9 Å². The number of hydrogen-bond acceptors (Lipinski definition) is 4. The molecule has 0 spiro atoms. The number of piperazine rings is 1. The minimum absolute atomic E-state index is 0. The molecule has 6 nitrogen and oxygen atoms in total. The number of aromatic nitrogens is 1.